The molecule has 0 aliphatic carbocycles. The summed E-state index contributed by atoms with van der Waals surface area (Å²) in [4.78, 5) is 0. The summed E-state index contributed by atoms with van der Waals surface area (Å²) in [5.41, 5.74) is 0. The van der Waals surface area contributed by atoms with Crippen LogP contribution in [0.3, 0.4) is 0 Å². The maximum Gasteiger partial charge on any atom is 0.0209 e. The number of rotatable bonds is 1. The fourth-order valence-electron chi connectivity index (χ4n) is 0.304. The van der Waals surface area contributed by atoms with Crippen molar-refractivity contribution >= 4 is 0 Å². The van der Waals surface area contributed by atoms with Gasteiger partial charge in [-0.2, -0.15) is 0 Å². The molecular formula is C9H8. The maximum absolute atomic E-state index is 4.99. The van der Waals surface area contributed by atoms with Crippen LogP contribution in [-0.2, 0) is 0 Å². The van der Waals surface area contributed by atoms with E-state index in [2.05, 4.69) is 29.6 Å². The molecule has 0 atom stereocenters. The van der Waals surface area contributed by atoms with Gasteiger partial charge in [0.05, 0.1) is 0 Å². The van der Waals surface area contributed by atoms with Crippen molar-refractivity contribution in [3.63, 3.8) is 0 Å². The van der Waals surface area contributed by atoms with E-state index in [1.165, 1.54) is 0 Å². The predicted octanol–water partition coefficient (Wildman–Crippen LogP) is 1.43. The second-order valence-corrected chi connectivity index (χ2v) is 1.38. The van der Waals surface area contributed by atoms with Gasteiger partial charge in [0.1, 0.15) is 0 Å². The minimum Gasteiger partial charge on any atom is -0.120 e. The molecule has 0 heteroatoms. The zero-order valence-corrected chi connectivity index (χ0v) is 5.49. The molecule has 0 aliphatic rings. The van der Waals surface area contributed by atoms with Gasteiger partial charge in [-0.1, -0.05) is 11.8 Å². The summed E-state index contributed by atoms with van der Waals surface area (Å²) in [6.45, 7) is 1.76. The lowest BCUT2D eigenvalue weighted by Crippen LogP contribution is -1.62. The normalized spacial score (nSPS) is 5.33. The van der Waals surface area contributed by atoms with Gasteiger partial charge in [-0.3, -0.25) is 0 Å². The summed E-state index contributed by atoms with van der Waals surface area (Å²) >= 11 is 0. The van der Waals surface area contributed by atoms with E-state index in [4.69, 9.17) is 6.42 Å². The summed E-state index contributed by atoms with van der Waals surface area (Å²) in [5.74, 6) is 13.3. The van der Waals surface area contributed by atoms with Crippen LogP contribution in [-0.4, -0.2) is 0 Å². The Labute approximate surface area is 56.7 Å². The second-order valence-electron chi connectivity index (χ2n) is 1.38. The fraction of sp³-hybridized carbons (Fsp3) is 0.333. The van der Waals surface area contributed by atoms with Crippen LogP contribution in [0.2, 0.25) is 0 Å². The van der Waals surface area contributed by atoms with Crippen LogP contribution in [0.1, 0.15) is 19.8 Å². The molecule has 0 nitrogen and oxygen atoms in total. The molecular weight excluding hydrogens is 108 g/mol. The Balaban J connectivity index is 3.37. The van der Waals surface area contributed by atoms with E-state index in [0.717, 1.165) is 12.8 Å². The summed E-state index contributed by atoms with van der Waals surface area (Å²) in [5, 5.41) is 0. The molecule has 0 aromatic rings. The molecule has 0 rings (SSSR count). The predicted molar refractivity (Wildman–Crippen MR) is 39.3 cm³/mol. The first-order chi connectivity index (χ1) is 4.41. The highest BCUT2D eigenvalue weighted by molar-refractivity contribution is 5.25. The molecule has 0 amide bonds. The van der Waals surface area contributed by atoms with Gasteiger partial charge < -0.3 is 0 Å². The average molecular weight is 116 g/mol. The van der Waals surface area contributed by atoms with Crippen molar-refractivity contribution in [3.8, 4) is 36.0 Å². The third-order valence-corrected chi connectivity index (χ3v) is 0.670. The third kappa shape index (κ3) is 6.68. The van der Waals surface area contributed by atoms with Gasteiger partial charge in [0, 0.05) is 12.8 Å². The summed E-state index contributed by atoms with van der Waals surface area (Å²) < 4.78 is 0. The molecule has 0 fully saturated rings. The smallest absolute Gasteiger partial charge is 0.0209 e. The molecule has 44 valence electrons. The quantitative estimate of drug-likeness (QED) is 0.359. The molecule has 0 aromatic heterocycles. The van der Waals surface area contributed by atoms with Crippen molar-refractivity contribution < 1.29 is 0 Å². The van der Waals surface area contributed by atoms with Crippen LogP contribution in [0.5, 0.6) is 0 Å². The Morgan fingerprint density at radius 3 is 2.56 bits per heavy atom. The van der Waals surface area contributed by atoms with Crippen LogP contribution in [0.15, 0.2) is 0 Å². The first-order valence-electron chi connectivity index (χ1n) is 2.75. The van der Waals surface area contributed by atoms with E-state index in [0.29, 0.717) is 0 Å². The number of hydrogen-bond acceptors (Lipinski definition) is 0. The molecule has 9 heavy (non-hydrogen) atoms. The monoisotopic (exact) mass is 116 g/mol. The van der Waals surface area contributed by atoms with Crippen LogP contribution in [0.25, 0.3) is 0 Å². The topological polar surface area (TPSA) is 0 Å². The largest absolute Gasteiger partial charge is 0.120 e. The zero-order chi connectivity index (χ0) is 6.95. The van der Waals surface area contributed by atoms with Crippen molar-refractivity contribution in [2.45, 2.75) is 19.8 Å². The van der Waals surface area contributed by atoms with Gasteiger partial charge in [-0.15, -0.1) is 12.3 Å². The highest BCUT2D eigenvalue weighted by Gasteiger charge is 1.69. The molecule has 0 heterocycles. The van der Waals surface area contributed by atoms with Crippen molar-refractivity contribution in [1.82, 2.24) is 0 Å². The Kier molecular flexibility index (Phi) is 5.70. The van der Waals surface area contributed by atoms with E-state index < -0.39 is 0 Å². The molecule has 0 bridgehead atoms. The molecule has 0 aromatic carbocycles. The molecule has 0 aliphatic heterocycles. The van der Waals surface area contributed by atoms with Crippen molar-refractivity contribution in [1.29, 1.82) is 0 Å². The summed E-state index contributed by atoms with van der Waals surface area (Å²) in [6.07, 6.45) is 6.47. The maximum atomic E-state index is 4.99. The fourth-order valence-corrected chi connectivity index (χ4v) is 0.304. The minimum atomic E-state index is 0.721. The highest BCUT2D eigenvalue weighted by atomic mass is 13.7. The molecule has 0 saturated carbocycles. The minimum absolute atomic E-state index is 0.721. The van der Waals surface area contributed by atoms with Crippen LogP contribution in [0.4, 0.5) is 0 Å². The molecule has 0 N–H and O–H groups in total. The lowest BCUT2D eigenvalue weighted by atomic mass is 10.3. The van der Waals surface area contributed by atoms with E-state index in [9.17, 15) is 0 Å². The van der Waals surface area contributed by atoms with Gasteiger partial charge in [0.25, 0.3) is 0 Å². The van der Waals surface area contributed by atoms with Gasteiger partial charge >= 0.3 is 0 Å². The standard InChI is InChI=1S/C9H8/c1-3-5-7-9-8-6-4-2/h1H,5,7H2,2H3. The third-order valence-electron chi connectivity index (χ3n) is 0.670. The van der Waals surface area contributed by atoms with E-state index in [1.807, 2.05) is 0 Å². The molecule has 0 unspecified atom stereocenters. The summed E-state index contributed by atoms with van der Waals surface area (Å²) in [6, 6.07) is 0. The first-order valence-corrected chi connectivity index (χ1v) is 2.75. The molecule has 0 spiro atoms. The van der Waals surface area contributed by atoms with Crippen LogP contribution >= 0.6 is 0 Å². The van der Waals surface area contributed by atoms with Crippen molar-refractivity contribution in [2.24, 2.45) is 0 Å². The summed E-state index contributed by atoms with van der Waals surface area (Å²) in [7, 11) is 0. The Bertz CT molecular complexity index is 206. The van der Waals surface area contributed by atoms with Gasteiger partial charge in [0.15, 0.2) is 0 Å². The number of unbranched alkanes of at least 4 members (excludes halogenated alkanes) is 1. The van der Waals surface area contributed by atoms with E-state index >= 15 is 0 Å². The lowest BCUT2D eigenvalue weighted by Gasteiger charge is -1.72. The Hall–Kier alpha value is -1.32. The van der Waals surface area contributed by atoms with Crippen molar-refractivity contribution in [3.05, 3.63) is 0 Å². The van der Waals surface area contributed by atoms with Gasteiger partial charge in [-0.25, -0.2) is 0 Å². The van der Waals surface area contributed by atoms with Gasteiger partial charge in [0.2, 0.25) is 0 Å². The molecule has 0 radical (unpaired) electrons. The Morgan fingerprint density at radius 1 is 1.22 bits per heavy atom. The second kappa shape index (κ2) is 6.68. The SMILES string of the molecule is C#CCCC#CC#CC. The highest BCUT2D eigenvalue weighted by Crippen LogP contribution is 1.79. The Morgan fingerprint density at radius 2 is 2.00 bits per heavy atom. The average Bonchev–Trinajstić information content (AvgIpc) is 1.89. The molecule has 0 saturated heterocycles. The first kappa shape index (κ1) is 7.68. The van der Waals surface area contributed by atoms with Crippen molar-refractivity contribution in [2.75, 3.05) is 0 Å². The number of terminal acetylenes is 1. The number of hydrogen-bond donors (Lipinski definition) is 0. The lowest BCUT2D eigenvalue weighted by molar-refractivity contribution is 1.12. The van der Waals surface area contributed by atoms with E-state index in [-0.39, 0.29) is 0 Å². The van der Waals surface area contributed by atoms with Crippen LogP contribution < -0.4 is 0 Å². The van der Waals surface area contributed by atoms with Gasteiger partial charge in [-0.05, 0) is 18.8 Å². The van der Waals surface area contributed by atoms with E-state index in [1.54, 1.807) is 6.92 Å². The zero-order valence-electron chi connectivity index (χ0n) is 5.49. The van der Waals surface area contributed by atoms with Crippen LogP contribution in [0, 0.1) is 36.0 Å².